The minimum absolute atomic E-state index is 0.0479. The van der Waals surface area contributed by atoms with Gasteiger partial charge in [-0.15, -0.1) is 0 Å². The average molecular weight is 777 g/mol. The van der Waals surface area contributed by atoms with Crippen molar-refractivity contribution in [2.45, 2.75) is 21.5 Å². The number of aromatic nitrogens is 2. The summed E-state index contributed by atoms with van der Waals surface area (Å²) < 4.78 is 107. The molecule has 4 rings (SSSR count). The Morgan fingerprint density at radius 2 is 1.38 bits per heavy atom. The lowest BCUT2D eigenvalue weighted by Gasteiger charge is -2.06. The SMILES string of the molecule is COS(=O)(=O)[O-].Cn1c(C(F)(F)F)[n+](C)c2ccccc21.FC(F)(F)Sc1cc(Cl)ccc1Cl.N#CSc1cc(Cl)ccc1Cl. The van der Waals surface area contributed by atoms with Crippen molar-refractivity contribution in [1.82, 2.24) is 4.57 Å². The third-order valence-electron chi connectivity index (χ3n) is 4.87. The highest BCUT2D eigenvalue weighted by Crippen LogP contribution is 2.41. The monoisotopic (exact) mass is 775 g/mol. The van der Waals surface area contributed by atoms with E-state index < -0.39 is 27.9 Å². The Morgan fingerprint density at radius 3 is 1.80 bits per heavy atom. The van der Waals surface area contributed by atoms with Crippen LogP contribution < -0.4 is 4.57 Å². The van der Waals surface area contributed by atoms with E-state index in [-0.39, 0.29) is 26.7 Å². The highest BCUT2D eigenvalue weighted by molar-refractivity contribution is 8.03. The summed E-state index contributed by atoms with van der Waals surface area (Å²) >= 11 is 23.2. The van der Waals surface area contributed by atoms with E-state index in [2.05, 4.69) is 4.18 Å². The minimum atomic E-state index is -4.41. The van der Waals surface area contributed by atoms with E-state index in [9.17, 15) is 39.3 Å². The molecule has 0 atom stereocenters. The van der Waals surface area contributed by atoms with Gasteiger partial charge in [0.05, 0.1) is 31.3 Å². The maximum Gasteiger partial charge on any atom is 0.495 e. The van der Waals surface area contributed by atoms with Gasteiger partial charge >= 0.3 is 17.5 Å². The number of rotatable bonds is 3. The molecule has 0 bridgehead atoms. The molecule has 0 spiro atoms. The molecule has 0 unspecified atom stereocenters. The number of aryl methyl sites for hydroxylation is 2. The largest absolute Gasteiger partial charge is 0.726 e. The van der Waals surface area contributed by atoms with Crippen LogP contribution in [0, 0.1) is 10.7 Å². The molecule has 1 heterocycles. The maximum absolute atomic E-state index is 12.7. The smallest absolute Gasteiger partial charge is 0.495 e. The van der Waals surface area contributed by atoms with Gasteiger partial charge in [0.15, 0.2) is 11.0 Å². The normalized spacial score (nSPS) is 11.3. The summed E-state index contributed by atoms with van der Waals surface area (Å²) in [5, 5.41) is 11.7. The van der Waals surface area contributed by atoms with Crippen LogP contribution >= 0.6 is 69.9 Å². The summed E-state index contributed by atoms with van der Waals surface area (Å²) in [5.41, 5.74) is -3.19. The Labute approximate surface area is 282 Å². The number of nitriles is 1. The molecule has 0 fully saturated rings. The number of thioether (sulfide) groups is 2. The molecule has 7 nitrogen and oxygen atoms in total. The number of fused-ring (bicyclic) bond motifs is 1. The maximum atomic E-state index is 12.7. The van der Waals surface area contributed by atoms with Crippen LogP contribution in [-0.4, -0.2) is 30.2 Å². The van der Waals surface area contributed by atoms with Gasteiger partial charge in [-0.25, -0.2) is 17.6 Å². The summed E-state index contributed by atoms with van der Waals surface area (Å²) in [5.74, 6) is -0.649. The van der Waals surface area contributed by atoms with Crippen LogP contribution in [0.1, 0.15) is 5.82 Å². The summed E-state index contributed by atoms with van der Waals surface area (Å²) in [6, 6.07) is 15.8. The molecule has 4 aromatic rings. The topological polar surface area (TPSA) is 99.0 Å². The Balaban J connectivity index is 0.000000313. The predicted molar refractivity (Wildman–Crippen MR) is 162 cm³/mol. The second kappa shape index (κ2) is 17.7. The predicted octanol–water partition coefficient (Wildman–Crippen LogP) is 9.29. The second-order valence-electron chi connectivity index (χ2n) is 7.89. The Hall–Kier alpha value is -2.07. The Morgan fingerprint density at radius 1 is 0.911 bits per heavy atom. The first-order valence-electron chi connectivity index (χ1n) is 11.3. The number of thiocyanates is 1. The molecular weight excluding hydrogens is 758 g/mol. The number of nitrogens with zero attached hydrogens (tertiary/aromatic N) is 3. The van der Waals surface area contributed by atoms with Crippen molar-refractivity contribution in [2.75, 3.05) is 7.11 Å². The Bertz CT molecular complexity index is 1710. The highest BCUT2D eigenvalue weighted by Gasteiger charge is 2.45. The summed E-state index contributed by atoms with van der Waals surface area (Å²) in [6.07, 6.45) is -4.33. The van der Waals surface area contributed by atoms with Crippen LogP contribution in [0.5, 0.6) is 0 Å². The van der Waals surface area contributed by atoms with Gasteiger partial charge in [-0.2, -0.15) is 31.6 Å². The van der Waals surface area contributed by atoms with E-state index in [4.69, 9.17) is 51.7 Å². The first-order valence-corrected chi connectivity index (χ1v) is 15.8. The lowest BCUT2D eigenvalue weighted by molar-refractivity contribution is -0.667. The zero-order valence-corrected chi connectivity index (χ0v) is 28.2. The van der Waals surface area contributed by atoms with Gasteiger partial charge in [-0.05, 0) is 72.1 Å². The number of imidazole rings is 1. The fraction of sp³-hybridized carbons (Fsp3) is 0.200. The average Bonchev–Trinajstić information content (AvgIpc) is 3.18. The van der Waals surface area contributed by atoms with Gasteiger partial charge in [-0.1, -0.05) is 58.5 Å². The van der Waals surface area contributed by atoms with Gasteiger partial charge in [-0.3, -0.25) is 4.18 Å². The lowest BCUT2D eigenvalue weighted by atomic mass is 10.3. The molecule has 45 heavy (non-hydrogen) atoms. The number of benzene rings is 3. The zero-order valence-electron chi connectivity index (χ0n) is 22.8. The quantitative estimate of drug-likeness (QED) is 0.0511. The van der Waals surface area contributed by atoms with Gasteiger partial charge < -0.3 is 4.55 Å². The molecule has 3 aromatic carbocycles. The third kappa shape index (κ3) is 14.5. The highest BCUT2D eigenvalue weighted by atomic mass is 35.5. The molecule has 0 N–H and O–H groups in total. The fourth-order valence-corrected chi connectivity index (χ4v) is 5.14. The van der Waals surface area contributed by atoms with Crippen LogP contribution in [0.3, 0.4) is 0 Å². The van der Waals surface area contributed by atoms with Gasteiger partial charge in [0.1, 0.15) is 5.40 Å². The van der Waals surface area contributed by atoms with Crippen LogP contribution in [0.25, 0.3) is 11.0 Å². The number of hydrogen-bond acceptors (Lipinski definition) is 7. The standard InChI is InChI=1S/C10H10F3N2.C7H3Cl2F3S.C7H3Cl2NS.CH4O4S/c1-14-7-5-3-4-6-8(7)15(2)9(14)10(11,12)13;8-4-1-2-5(9)6(3-4)13-7(10,11)12;8-5-1-2-6(9)7(3-5)11-4-10;1-5-6(2,3)4/h3-6H,1-2H3;1-3H;1-3H;1H3,(H,2,3,4)/q+1;;;/p-1. The van der Waals surface area contributed by atoms with E-state index in [1.807, 2.05) is 5.40 Å². The molecule has 0 aliphatic heterocycles. The van der Waals surface area contributed by atoms with Crippen molar-refractivity contribution in [3.8, 4) is 5.40 Å². The molecule has 246 valence electrons. The second-order valence-corrected chi connectivity index (χ2v) is 12.7. The van der Waals surface area contributed by atoms with Gasteiger partial charge in [0.2, 0.25) is 10.4 Å². The summed E-state index contributed by atoms with van der Waals surface area (Å²) in [7, 11) is -0.761. The molecule has 0 radical (unpaired) electrons. The van der Waals surface area contributed by atoms with Crippen LogP contribution in [0.4, 0.5) is 26.3 Å². The third-order valence-corrected chi connectivity index (χ3v) is 8.07. The zero-order chi connectivity index (χ0) is 34.8. The molecule has 0 aliphatic carbocycles. The summed E-state index contributed by atoms with van der Waals surface area (Å²) in [4.78, 5) is 0.614. The summed E-state index contributed by atoms with van der Waals surface area (Å²) in [6.45, 7) is 0. The molecule has 0 aliphatic rings. The van der Waals surface area contributed by atoms with Crippen molar-refractivity contribution >= 4 is 91.4 Å². The van der Waals surface area contributed by atoms with Crippen LogP contribution in [-0.2, 0) is 34.9 Å². The van der Waals surface area contributed by atoms with Crippen molar-refractivity contribution < 1.29 is 48.1 Å². The van der Waals surface area contributed by atoms with Crippen molar-refractivity contribution in [2.24, 2.45) is 14.1 Å². The van der Waals surface area contributed by atoms with Crippen molar-refractivity contribution in [1.29, 1.82) is 5.26 Å². The fourth-order valence-electron chi connectivity index (χ4n) is 3.15. The van der Waals surface area contributed by atoms with Crippen LogP contribution in [0.15, 0.2) is 70.5 Å². The van der Waals surface area contributed by atoms with Crippen molar-refractivity contribution in [3.63, 3.8) is 0 Å². The van der Waals surface area contributed by atoms with E-state index >= 15 is 0 Å². The van der Waals surface area contributed by atoms with E-state index in [0.717, 1.165) is 28.0 Å². The molecule has 0 saturated heterocycles. The first-order chi connectivity index (χ1) is 20.6. The van der Waals surface area contributed by atoms with E-state index in [1.165, 1.54) is 32.3 Å². The minimum Gasteiger partial charge on any atom is -0.726 e. The molecular formula is C25H19Cl4F6N3O4S3. The number of para-hydroxylation sites is 2. The van der Waals surface area contributed by atoms with Crippen molar-refractivity contribution in [3.05, 3.63) is 86.6 Å². The van der Waals surface area contributed by atoms with E-state index in [1.54, 1.807) is 42.5 Å². The first kappa shape index (κ1) is 41.0. The number of hydrogen-bond donors (Lipinski definition) is 0. The lowest BCUT2D eigenvalue weighted by Crippen LogP contribution is -2.37. The molecule has 20 heteroatoms. The molecule has 0 amide bonds. The van der Waals surface area contributed by atoms with Crippen LogP contribution in [0.2, 0.25) is 20.1 Å². The van der Waals surface area contributed by atoms with E-state index in [0.29, 0.717) is 26.0 Å². The van der Waals surface area contributed by atoms with Gasteiger partial charge in [0.25, 0.3) is 0 Å². The number of alkyl halides is 6. The molecule has 1 aromatic heterocycles. The van der Waals surface area contributed by atoms with Gasteiger partial charge in [0, 0.05) is 19.8 Å². The Kier molecular flexibility index (Phi) is 16.1. The molecule has 0 saturated carbocycles. The number of halogens is 10.